The summed E-state index contributed by atoms with van der Waals surface area (Å²) >= 11 is 11.8. The molecule has 0 atom stereocenters. The number of benzene rings is 2. The van der Waals surface area contributed by atoms with E-state index in [1.165, 1.54) is 17.7 Å². The summed E-state index contributed by atoms with van der Waals surface area (Å²) in [6.07, 6.45) is 3.01. The minimum atomic E-state index is -0.855. The van der Waals surface area contributed by atoms with Crippen LogP contribution in [-0.2, 0) is 22.4 Å². The number of hydrogen-bond acceptors (Lipinski definition) is 5. The van der Waals surface area contributed by atoms with Crippen molar-refractivity contribution >= 4 is 46.8 Å². The molecule has 29 heavy (non-hydrogen) atoms. The van der Waals surface area contributed by atoms with Crippen molar-refractivity contribution in [3.63, 3.8) is 0 Å². The number of halogens is 2. The first kappa shape index (κ1) is 19.6. The number of carbonyl (C=O) groups excluding carboxylic acids is 4. The van der Waals surface area contributed by atoms with Crippen molar-refractivity contribution in [3.8, 4) is 0 Å². The average Bonchev–Trinajstić information content (AvgIpc) is 3.25. The zero-order chi connectivity index (χ0) is 20.7. The number of rotatable bonds is 5. The zero-order valence-electron chi connectivity index (χ0n) is 15.2. The fourth-order valence-corrected chi connectivity index (χ4v) is 3.90. The summed E-state index contributed by atoms with van der Waals surface area (Å²) < 4.78 is 5.00. The van der Waals surface area contributed by atoms with E-state index >= 15 is 0 Å². The molecule has 0 radical (unpaired) electrons. The van der Waals surface area contributed by atoms with Crippen molar-refractivity contribution in [1.29, 1.82) is 0 Å². The molecule has 148 valence electrons. The quantitative estimate of drug-likeness (QED) is 0.411. The number of ketones is 1. The molecule has 0 aromatic heterocycles. The van der Waals surface area contributed by atoms with Crippen LogP contribution in [0.5, 0.6) is 0 Å². The SMILES string of the molecule is O=C(CN1C(=O)c2cc(Cl)c(Cl)cc2C1=O)OCC(=O)c1ccc2c(c1)CCC2. The van der Waals surface area contributed by atoms with Crippen LogP contribution in [0.3, 0.4) is 0 Å². The van der Waals surface area contributed by atoms with Crippen LogP contribution in [0.4, 0.5) is 0 Å². The third-order valence-electron chi connectivity index (χ3n) is 5.08. The number of amides is 2. The molecule has 1 aliphatic carbocycles. The van der Waals surface area contributed by atoms with Gasteiger partial charge in [0, 0.05) is 5.56 Å². The van der Waals surface area contributed by atoms with Crippen LogP contribution >= 0.6 is 23.2 Å². The Balaban J connectivity index is 1.38. The molecule has 0 fully saturated rings. The van der Waals surface area contributed by atoms with Gasteiger partial charge in [0.2, 0.25) is 0 Å². The summed E-state index contributed by atoms with van der Waals surface area (Å²) in [4.78, 5) is 50.0. The predicted molar refractivity (Wildman–Crippen MR) is 106 cm³/mol. The first-order valence-electron chi connectivity index (χ1n) is 9.01. The molecule has 4 rings (SSSR count). The molecular weight excluding hydrogens is 417 g/mol. The molecule has 2 aliphatic rings. The predicted octanol–water partition coefficient (Wildman–Crippen LogP) is 3.50. The number of ether oxygens (including phenoxy) is 1. The lowest BCUT2D eigenvalue weighted by molar-refractivity contribution is -0.142. The van der Waals surface area contributed by atoms with Crippen LogP contribution in [0.2, 0.25) is 10.0 Å². The van der Waals surface area contributed by atoms with Gasteiger partial charge in [0.1, 0.15) is 6.54 Å². The van der Waals surface area contributed by atoms with E-state index in [9.17, 15) is 19.2 Å². The van der Waals surface area contributed by atoms with Gasteiger partial charge in [-0.25, -0.2) is 0 Å². The first-order chi connectivity index (χ1) is 13.8. The largest absolute Gasteiger partial charge is 0.456 e. The summed E-state index contributed by atoms with van der Waals surface area (Å²) in [5, 5.41) is 0.270. The minimum Gasteiger partial charge on any atom is -0.456 e. The van der Waals surface area contributed by atoms with Gasteiger partial charge >= 0.3 is 5.97 Å². The van der Waals surface area contributed by atoms with Crippen molar-refractivity contribution in [2.75, 3.05) is 13.2 Å². The van der Waals surface area contributed by atoms with E-state index in [0.29, 0.717) is 5.56 Å². The maximum Gasteiger partial charge on any atom is 0.326 e. The maximum absolute atomic E-state index is 12.4. The highest BCUT2D eigenvalue weighted by atomic mass is 35.5. The van der Waals surface area contributed by atoms with Gasteiger partial charge in [-0.15, -0.1) is 0 Å². The molecule has 0 bridgehead atoms. The number of esters is 1. The second kappa shape index (κ2) is 7.61. The standard InChI is InChI=1S/C21H15Cl2NO5/c22-16-7-14-15(8-17(16)23)21(28)24(20(14)27)9-19(26)29-10-18(25)13-5-4-11-2-1-3-12(11)6-13/h4-8H,1-3,9-10H2. The number of Topliss-reactive ketones (excluding diaryl/α,β-unsaturated/α-hetero) is 1. The molecule has 2 aromatic rings. The van der Waals surface area contributed by atoms with Gasteiger partial charge in [0.25, 0.3) is 11.8 Å². The molecule has 8 heteroatoms. The van der Waals surface area contributed by atoms with Crippen LogP contribution in [0.15, 0.2) is 30.3 Å². The van der Waals surface area contributed by atoms with Crippen molar-refractivity contribution in [1.82, 2.24) is 4.90 Å². The van der Waals surface area contributed by atoms with Gasteiger partial charge < -0.3 is 4.74 Å². The summed E-state index contributed by atoms with van der Waals surface area (Å²) in [5.74, 6) is -2.52. The van der Waals surface area contributed by atoms with E-state index in [1.54, 1.807) is 6.07 Å². The van der Waals surface area contributed by atoms with Gasteiger partial charge in [-0.05, 0) is 48.6 Å². The maximum atomic E-state index is 12.4. The Hall–Kier alpha value is -2.70. The van der Waals surface area contributed by atoms with E-state index in [1.807, 2.05) is 12.1 Å². The lowest BCUT2D eigenvalue weighted by atomic mass is 10.0. The lowest BCUT2D eigenvalue weighted by Gasteiger charge is -2.13. The lowest BCUT2D eigenvalue weighted by Crippen LogP contribution is -2.36. The fourth-order valence-electron chi connectivity index (χ4n) is 3.58. The number of nitrogens with zero attached hydrogens (tertiary/aromatic N) is 1. The van der Waals surface area contributed by atoms with E-state index < -0.39 is 30.9 Å². The van der Waals surface area contributed by atoms with Gasteiger partial charge in [-0.3, -0.25) is 24.1 Å². The second-order valence-corrected chi connectivity index (χ2v) is 7.74. The third-order valence-corrected chi connectivity index (χ3v) is 5.81. The number of imide groups is 1. The molecule has 1 heterocycles. The Morgan fingerprint density at radius 2 is 1.55 bits per heavy atom. The molecular formula is C21H15Cl2NO5. The average molecular weight is 432 g/mol. The van der Waals surface area contributed by atoms with Crippen molar-refractivity contribution in [3.05, 3.63) is 68.2 Å². The monoisotopic (exact) mass is 431 g/mol. The highest BCUT2D eigenvalue weighted by Crippen LogP contribution is 2.31. The van der Waals surface area contributed by atoms with Crippen LogP contribution in [0.25, 0.3) is 0 Å². The molecule has 0 unspecified atom stereocenters. The summed E-state index contributed by atoms with van der Waals surface area (Å²) in [6.45, 7) is -1.06. The summed E-state index contributed by atoms with van der Waals surface area (Å²) in [5.41, 5.74) is 3.01. The zero-order valence-corrected chi connectivity index (χ0v) is 16.7. The van der Waals surface area contributed by atoms with Crippen LogP contribution in [-0.4, -0.2) is 41.6 Å². The van der Waals surface area contributed by atoms with Crippen LogP contribution in [0.1, 0.15) is 48.6 Å². The van der Waals surface area contributed by atoms with Gasteiger partial charge in [-0.2, -0.15) is 0 Å². The smallest absolute Gasteiger partial charge is 0.326 e. The first-order valence-corrected chi connectivity index (χ1v) is 9.76. The number of hydrogen-bond donors (Lipinski definition) is 0. The van der Waals surface area contributed by atoms with E-state index in [4.69, 9.17) is 27.9 Å². The topological polar surface area (TPSA) is 80.8 Å². The minimum absolute atomic E-state index is 0.0754. The summed E-state index contributed by atoms with van der Waals surface area (Å²) in [6, 6.07) is 8.06. The van der Waals surface area contributed by atoms with Crippen molar-refractivity contribution in [2.45, 2.75) is 19.3 Å². The van der Waals surface area contributed by atoms with E-state index in [0.717, 1.165) is 29.7 Å². The number of aryl methyl sites for hydroxylation is 2. The second-order valence-electron chi connectivity index (χ2n) is 6.93. The normalized spacial score (nSPS) is 14.8. The Morgan fingerprint density at radius 3 is 2.21 bits per heavy atom. The molecule has 1 aliphatic heterocycles. The van der Waals surface area contributed by atoms with Crippen LogP contribution in [0, 0.1) is 0 Å². The molecule has 2 aromatic carbocycles. The number of fused-ring (bicyclic) bond motifs is 2. The highest BCUT2D eigenvalue weighted by Gasteiger charge is 2.37. The third kappa shape index (κ3) is 3.66. The van der Waals surface area contributed by atoms with Crippen molar-refractivity contribution in [2.24, 2.45) is 0 Å². The van der Waals surface area contributed by atoms with E-state index in [2.05, 4.69) is 0 Å². The Bertz CT molecular complexity index is 1040. The van der Waals surface area contributed by atoms with Crippen molar-refractivity contribution < 1.29 is 23.9 Å². The molecule has 6 nitrogen and oxygen atoms in total. The molecule has 2 amide bonds. The Morgan fingerprint density at radius 1 is 0.931 bits per heavy atom. The van der Waals surface area contributed by atoms with Gasteiger partial charge in [0.05, 0.1) is 21.2 Å². The fraction of sp³-hybridized carbons (Fsp3) is 0.238. The highest BCUT2D eigenvalue weighted by molar-refractivity contribution is 6.43. The van der Waals surface area contributed by atoms with Crippen LogP contribution < -0.4 is 0 Å². The Labute approximate surface area is 176 Å². The molecule has 0 saturated carbocycles. The van der Waals surface area contributed by atoms with Gasteiger partial charge in [0.15, 0.2) is 12.4 Å². The molecule has 0 spiro atoms. The summed E-state index contributed by atoms with van der Waals surface area (Å²) in [7, 11) is 0. The molecule has 0 N–H and O–H groups in total. The Kier molecular flexibility index (Phi) is 5.15. The van der Waals surface area contributed by atoms with Gasteiger partial charge in [-0.1, -0.05) is 35.3 Å². The van der Waals surface area contributed by atoms with E-state index in [-0.39, 0.29) is 27.0 Å². The number of carbonyl (C=O) groups is 4. The molecule has 0 saturated heterocycles.